The summed E-state index contributed by atoms with van der Waals surface area (Å²) in [4.78, 5) is 19.2. The van der Waals surface area contributed by atoms with E-state index >= 15 is 0 Å². The average molecular weight is 334 g/mol. The molecule has 6 heteroatoms. The number of imidazole rings is 1. The number of aromatic amines is 1. The van der Waals surface area contributed by atoms with Crippen LogP contribution in [0.2, 0.25) is 0 Å². The highest BCUT2D eigenvalue weighted by Crippen LogP contribution is 2.18. The minimum atomic E-state index is -0.582. The van der Waals surface area contributed by atoms with Crippen LogP contribution >= 0.6 is 15.9 Å². The number of amides is 1. The summed E-state index contributed by atoms with van der Waals surface area (Å²) in [6.07, 6.45) is 0. The zero-order valence-electron chi connectivity index (χ0n) is 10.2. The largest absolute Gasteiger partial charge is 0.324 e. The Morgan fingerprint density at radius 1 is 1.25 bits per heavy atom. The third-order valence-corrected chi connectivity index (χ3v) is 3.29. The Labute approximate surface area is 122 Å². The molecule has 100 valence electrons. The number of fused-ring (bicyclic) bond motifs is 1. The first-order chi connectivity index (χ1) is 9.63. The van der Waals surface area contributed by atoms with Gasteiger partial charge in [0.2, 0.25) is 5.95 Å². The van der Waals surface area contributed by atoms with Crippen LogP contribution in [0.4, 0.5) is 10.3 Å². The Bertz CT molecular complexity index is 767. The fraction of sp³-hybridized carbons (Fsp3) is 0. The van der Waals surface area contributed by atoms with Gasteiger partial charge in [-0.05, 0) is 30.3 Å². The zero-order chi connectivity index (χ0) is 14.1. The molecular formula is C14H9BrFN3O. The van der Waals surface area contributed by atoms with Gasteiger partial charge in [-0.25, -0.2) is 9.37 Å². The summed E-state index contributed by atoms with van der Waals surface area (Å²) < 4.78 is 14.2. The molecule has 1 amide bonds. The molecule has 3 aromatic rings. The Morgan fingerprint density at radius 2 is 2.05 bits per heavy atom. The SMILES string of the molecule is O=C(Nc1nc2ccccc2[nH]1)c1cc(Br)ccc1F. The van der Waals surface area contributed by atoms with Crippen molar-refractivity contribution in [3.05, 3.63) is 58.3 Å². The number of hydrogen-bond donors (Lipinski definition) is 2. The van der Waals surface area contributed by atoms with E-state index in [1.54, 1.807) is 0 Å². The van der Waals surface area contributed by atoms with Gasteiger partial charge in [-0.2, -0.15) is 0 Å². The van der Waals surface area contributed by atoms with E-state index in [4.69, 9.17) is 0 Å². The van der Waals surface area contributed by atoms with Gasteiger partial charge in [-0.3, -0.25) is 10.1 Å². The number of rotatable bonds is 2. The van der Waals surface area contributed by atoms with Crippen LogP contribution in [0.5, 0.6) is 0 Å². The number of halogens is 2. The zero-order valence-corrected chi connectivity index (χ0v) is 11.7. The molecule has 0 saturated carbocycles. The second kappa shape index (κ2) is 5.05. The molecule has 0 fully saturated rings. The minimum Gasteiger partial charge on any atom is -0.324 e. The minimum absolute atomic E-state index is 0.0418. The van der Waals surface area contributed by atoms with Crippen LogP contribution in [-0.4, -0.2) is 15.9 Å². The predicted octanol–water partition coefficient (Wildman–Crippen LogP) is 3.72. The normalized spacial score (nSPS) is 10.7. The summed E-state index contributed by atoms with van der Waals surface area (Å²) in [6.45, 7) is 0. The first-order valence-corrected chi connectivity index (χ1v) is 6.64. The fourth-order valence-corrected chi connectivity index (χ4v) is 2.22. The van der Waals surface area contributed by atoms with E-state index in [0.717, 1.165) is 11.0 Å². The van der Waals surface area contributed by atoms with Crippen LogP contribution in [0.25, 0.3) is 11.0 Å². The number of carbonyl (C=O) groups is 1. The van der Waals surface area contributed by atoms with Crippen molar-refractivity contribution in [1.82, 2.24) is 9.97 Å². The highest BCUT2D eigenvalue weighted by molar-refractivity contribution is 9.10. The highest BCUT2D eigenvalue weighted by atomic mass is 79.9. The standard InChI is InChI=1S/C14H9BrFN3O/c15-8-5-6-10(16)9(7-8)13(20)19-14-17-11-3-1-2-4-12(11)18-14/h1-7H,(H2,17,18,19,20). The average Bonchev–Trinajstić information content (AvgIpc) is 2.83. The molecule has 0 bridgehead atoms. The number of anilines is 1. The van der Waals surface area contributed by atoms with Gasteiger partial charge in [0, 0.05) is 4.47 Å². The van der Waals surface area contributed by atoms with Crippen molar-refractivity contribution in [3.63, 3.8) is 0 Å². The Morgan fingerprint density at radius 3 is 2.85 bits per heavy atom. The number of carbonyl (C=O) groups excluding carboxylic acids is 1. The summed E-state index contributed by atoms with van der Waals surface area (Å²) in [5.41, 5.74) is 1.50. The molecule has 0 aliphatic carbocycles. The molecule has 4 nitrogen and oxygen atoms in total. The number of para-hydroxylation sites is 2. The van der Waals surface area contributed by atoms with Gasteiger partial charge < -0.3 is 4.98 Å². The molecule has 3 rings (SSSR count). The molecule has 1 aromatic heterocycles. The van der Waals surface area contributed by atoms with E-state index in [-0.39, 0.29) is 11.5 Å². The molecule has 0 saturated heterocycles. The fourth-order valence-electron chi connectivity index (χ4n) is 1.86. The van der Waals surface area contributed by atoms with Crippen LogP contribution in [0.3, 0.4) is 0 Å². The van der Waals surface area contributed by atoms with Crippen molar-refractivity contribution in [2.75, 3.05) is 5.32 Å². The molecule has 0 spiro atoms. The van der Waals surface area contributed by atoms with E-state index in [1.807, 2.05) is 24.3 Å². The monoisotopic (exact) mass is 333 g/mol. The third kappa shape index (κ3) is 2.42. The van der Waals surface area contributed by atoms with E-state index in [2.05, 4.69) is 31.2 Å². The smallest absolute Gasteiger partial charge is 0.260 e. The second-order valence-electron chi connectivity index (χ2n) is 4.18. The maximum absolute atomic E-state index is 13.6. The third-order valence-electron chi connectivity index (χ3n) is 2.79. The van der Waals surface area contributed by atoms with Gasteiger partial charge in [0.05, 0.1) is 16.6 Å². The lowest BCUT2D eigenvalue weighted by molar-refractivity contribution is 0.102. The van der Waals surface area contributed by atoms with Gasteiger partial charge >= 0.3 is 0 Å². The van der Waals surface area contributed by atoms with Crippen LogP contribution in [0.15, 0.2) is 46.9 Å². The van der Waals surface area contributed by atoms with Crippen LogP contribution < -0.4 is 5.32 Å². The second-order valence-corrected chi connectivity index (χ2v) is 5.10. The molecule has 0 unspecified atom stereocenters. The Kier molecular flexibility index (Phi) is 3.23. The first kappa shape index (κ1) is 12.8. The van der Waals surface area contributed by atoms with Crippen molar-refractivity contribution in [2.45, 2.75) is 0 Å². The lowest BCUT2D eigenvalue weighted by atomic mass is 10.2. The van der Waals surface area contributed by atoms with E-state index in [1.165, 1.54) is 18.2 Å². The lowest BCUT2D eigenvalue weighted by Crippen LogP contribution is -2.14. The molecule has 0 radical (unpaired) electrons. The Balaban J connectivity index is 1.90. The molecule has 1 heterocycles. The molecule has 0 aliphatic rings. The van der Waals surface area contributed by atoms with E-state index in [0.29, 0.717) is 4.47 Å². The van der Waals surface area contributed by atoms with Crippen molar-refractivity contribution in [2.24, 2.45) is 0 Å². The van der Waals surface area contributed by atoms with Crippen molar-refractivity contribution in [1.29, 1.82) is 0 Å². The van der Waals surface area contributed by atoms with Crippen LogP contribution in [0, 0.1) is 5.82 Å². The lowest BCUT2D eigenvalue weighted by Gasteiger charge is -2.03. The van der Waals surface area contributed by atoms with Crippen LogP contribution in [-0.2, 0) is 0 Å². The summed E-state index contributed by atoms with van der Waals surface area (Å²) in [5, 5.41) is 2.55. The highest BCUT2D eigenvalue weighted by Gasteiger charge is 2.14. The molecule has 2 N–H and O–H groups in total. The van der Waals surface area contributed by atoms with Gasteiger partial charge in [-0.15, -0.1) is 0 Å². The maximum atomic E-state index is 13.6. The number of H-pyrrole nitrogens is 1. The number of benzene rings is 2. The first-order valence-electron chi connectivity index (χ1n) is 5.84. The molecule has 2 aromatic carbocycles. The molecule has 0 aliphatic heterocycles. The summed E-state index contributed by atoms with van der Waals surface area (Å²) >= 11 is 3.21. The quantitative estimate of drug-likeness (QED) is 0.750. The topological polar surface area (TPSA) is 57.8 Å². The van der Waals surface area contributed by atoms with Crippen molar-refractivity contribution in [3.8, 4) is 0 Å². The van der Waals surface area contributed by atoms with Gasteiger partial charge in [0.15, 0.2) is 0 Å². The van der Waals surface area contributed by atoms with Gasteiger partial charge in [-0.1, -0.05) is 28.1 Å². The van der Waals surface area contributed by atoms with Crippen molar-refractivity contribution < 1.29 is 9.18 Å². The summed E-state index contributed by atoms with van der Waals surface area (Å²) in [6, 6.07) is 11.6. The summed E-state index contributed by atoms with van der Waals surface area (Å²) in [7, 11) is 0. The number of aromatic nitrogens is 2. The summed E-state index contributed by atoms with van der Waals surface area (Å²) in [5.74, 6) is -0.847. The van der Waals surface area contributed by atoms with E-state index < -0.39 is 11.7 Å². The molecule has 0 atom stereocenters. The molecule has 20 heavy (non-hydrogen) atoms. The number of hydrogen-bond acceptors (Lipinski definition) is 2. The van der Waals surface area contributed by atoms with E-state index in [9.17, 15) is 9.18 Å². The number of nitrogens with one attached hydrogen (secondary N) is 2. The van der Waals surface area contributed by atoms with Crippen molar-refractivity contribution >= 4 is 38.8 Å². The van der Waals surface area contributed by atoms with Gasteiger partial charge in [0.25, 0.3) is 5.91 Å². The molecular weight excluding hydrogens is 325 g/mol. The number of nitrogens with zero attached hydrogens (tertiary/aromatic N) is 1. The predicted molar refractivity (Wildman–Crippen MR) is 78.1 cm³/mol. The van der Waals surface area contributed by atoms with Crippen LogP contribution in [0.1, 0.15) is 10.4 Å². The Hall–Kier alpha value is -2.21. The van der Waals surface area contributed by atoms with Gasteiger partial charge in [0.1, 0.15) is 5.82 Å². The maximum Gasteiger partial charge on any atom is 0.260 e.